The first-order valence-electron chi connectivity index (χ1n) is 9.10. The van der Waals surface area contributed by atoms with E-state index in [0.29, 0.717) is 25.6 Å². The van der Waals surface area contributed by atoms with Gasteiger partial charge in [0.05, 0.1) is 31.2 Å². The minimum atomic E-state index is -0.247. The maximum absolute atomic E-state index is 13.3. The van der Waals surface area contributed by atoms with Gasteiger partial charge >= 0.3 is 0 Å². The second-order valence-corrected chi connectivity index (χ2v) is 6.81. The summed E-state index contributed by atoms with van der Waals surface area (Å²) in [5.41, 5.74) is 2.59. The van der Waals surface area contributed by atoms with Crippen LogP contribution in [0.3, 0.4) is 0 Å². The van der Waals surface area contributed by atoms with E-state index in [0.717, 1.165) is 28.7 Å². The zero-order valence-corrected chi connectivity index (χ0v) is 16.1. The highest BCUT2D eigenvalue weighted by molar-refractivity contribution is 5.49. The van der Waals surface area contributed by atoms with Gasteiger partial charge < -0.3 is 14.4 Å². The number of benzene rings is 1. The Morgan fingerprint density at radius 2 is 1.96 bits per heavy atom. The van der Waals surface area contributed by atoms with E-state index >= 15 is 0 Å². The van der Waals surface area contributed by atoms with Gasteiger partial charge in [0, 0.05) is 19.2 Å². The predicted molar refractivity (Wildman–Crippen MR) is 102 cm³/mol. The fourth-order valence-corrected chi connectivity index (χ4v) is 3.27. The Morgan fingerprint density at radius 1 is 1.14 bits per heavy atom. The molecule has 146 valence electrons. The van der Waals surface area contributed by atoms with Gasteiger partial charge in [0.1, 0.15) is 11.6 Å². The van der Waals surface area contributed by atoms with Gasteiger partial charge in [0.15, 0.2) is 0 Å². The molecule has 1 aliphatic heterocycles. The number of hydrogen-bond donors (Lipinski definition) is 0. The molecule has 3 heterocycles. The van der Waals surface area contributed by atoms with Gasteiger partial charge in [0.25, 0.3) is 0 Å². The van der Waals surface area contributed by atoms with E-state index in [9.17, 15) is 4.39 Å². The highest BCUT2D eigenvalue weighted by atomic mass is 19.1. The van der Waals surface area contributed by atoms with Gasteiger partial charge in [-0.2, -0.15) is 0 Å². The summed E-state index contributed by atoms with van der Waals surface area (Å²) in [5, 5.41) is 8.57. The van der Waals surface area contributed by atoms with Crippen LogP contribution in [-0.4, -0.2) is 46.1 Å². The van der Waals surface area contributed by atoms with Crippen LogP contribution >= 0.6 is 0 Å². The zero-order valence-electron chi connectivity index (χ0n) is 16.1. The maximum atomic E-state index is 13.3. The molecule has 1 saturated heterocycles. The fourth-order valence-electron chi connectivity index (χ4n) is 3.27. The third kappa shape index (κ3) is 3.55. The molecule has 1 aliphatic rings. The Bertz CT molecular complexity index is 984. The van der Waals surface area contributed by atoms with Crippen LogP contribution in [0, 0.1) is 19.7 Å². The van der Waals surface area contributed by atoms with Crippen molar-refractivity contribution >= 4 is 5.95 Å². The third-order valence-electron chi connectivity index (χ3n) is 4.80. The lowest BCUT2D eigenvalue weighted by Crippen LogP contribution is -2.53. The van der Waals surface area contributed by atoms with E-state index in [1.807, 2.05) is 36.6 Å². The van der Waals surface area contributed by atoms with Crippen LogP contribution in [0.25, 0.3) is 5.69 Å². The molecular weight excluding hydrogens is 361 g/mol. The summed E-state index contributed by atoms with van der Waals surface area (Å²) in [6.07, 6.45) is 0.0730. The van der Waals surface area contributed by atoms with Crippen molar-refractivity contribution in [1.82, 2.24) is 19.7 Å². The van der Waals surface area contributed by atoms with Gasteiger partial charge in [-0.3, -0.25) is 4.57 Å². The Hall–Kier alpha value is -3.00. The Kier molecular flexibility index (Phi) is 4.95. The van der Waals surface area contributed by atoms with E-state index in [1.54, 1.807) is 13.2 Å². The summed E-state index contributed by atoms with van der Waals surface area (Å²) in [6.45, 7) is 5.65. The second-order valence-electron chi connectivity index (χ2n) is 6.81. The Balaban J connectivity index is 1.44. The van der Waals surface area contributed by atoms with Crippen LogP contribution in [0.15, 0.2) is 36.4 Å². The largest absolute Gasteiger partial charge is 0.481 e. The molecule has 3 aromatic rings. The first-order valence-corrected chi connectivity index (χ1v) is 9.10. The number of nitrogens with zero attached hydrogens (tertiary/aromatic N) is 5. The van der Waals surface area contributed by atoms with Crippen molar-refractivity contribution in [2.45, 2.75) is 26.6 Å². The lowest BCUT2D eigenvalue weighted by molar-refractivity contribution is 0.0215. The van der Waals surface area contributed by atoms with Crippen LogP contribution in [-0.2, 0) is 11.3 Å². The molecule has 2 aromatic heterocycles. The molecule has 0 aliphatic carbocycles. The number of halogens is 1. The number of hydrogen-bond acceptors (Lipinski definition) is 6. The van der Waals surface area contributed by atoms with Crippen LogP contribution in [0.5, 0.6) is 5.88 Å². The highest BCUT2D eigenvalue weighted by Gasteiger charge is 2.32. The zero-order chi connectivity index (χ0) is 19.7. The van der Waals surface area contributed by atoms with Gasteiger partial charge in [-0.25, -0.2) is 9.37 Å². The lowest BCUT2D eigenvalue weighted by atomic mass is 10.1. The molecule has 1 fully saturated rings. The average Bonchev–Trinajstić information content (AvgIpc) is 3.01. The van der Waals surface area contributed by atoms with E-state index in [-0.39, 0.29) is 11.9 Å². The molecule has 0 bridgehead atoms. The summed E-state index contributed by atoms with van der Waals surface area (Å²) in [4.78, 5) is 6.56. The van der Waals surface area contributed by atoms with Crippen molar-refractivity contribution in [2.24, 2.45) is 0 Å². The molecule has 1 aromatic carbocycles. The first kappa shape index (κ1) is 18.4. The van der Waals surface area contributed by atoms with Gasteiger partial charge in [0.2, 0.25) is 11.8 Å². The van der Waals surface area contributed by atoms with E-state index < -0.39 is 0 Å². The third-order valence-corrected chi connectivity index (χ3v) is 4.80. The van der Waals surface area contributed by atoms with Crippen LogP contribution < -0.4 is 9.64 Å². The van der Waals surface area contributed by atoms with E-state index in [2.05, 4.69) is 20.1 Å². The minimum Gasteiger partial charge on any atom is -0.481 e. The summed E-state index contributed by atoms with van der Waals surface area (Å²) < 4.78 is 26.3. The van der Waals surface area contributed by atoms with Crippen LogP contribution in [0.4, 0.5) is 10.3 Å². The molecule has 28 heavy (non-hydrogen) atoms. The fraction of sp³-hybridized carbons (Fsp3) is 0.350. The minimum absolute atomic E-state index is 0.0730. The molecule has 0 saturated carbocycles. The topological polar surface area (TPSA) is 65.3 Å². The Labute approximate surface area is 162 Å². The maximum Gasteiger partial charge on any atom is 0.232 e. The predicted octanol–water partition coefficient (Wildman–Crippen LogP) is 2.83. The normalized spacial score (nSPS) is 14.2. The number of pyridine rings is 1. The summed E-state index contributed by atoms with van der Waals surface area (Å²) in [5.74, 6) is 1.87. The van der Waals surface area contributed by atoms with Crippen molar-refractivity contribution < 1.29 is 13.9 Å². The number of aromatic nitrogens is 4. The van der Waals surface area contributed by atoms with Crippen molar-refractivity contribution in [3.05, 3.63) is 59.3 Å². The standard InChI is InChI=1S/C20H22FN5O2/c1-13-18(7-8-19(22-13)27-3)26-14(2)23-24-20(26)25-10-17(11-25)28-12-15-5-4-6-16(21)9-15/h4-9,17H,10-12H2,1-3H3. The molecule has 0 radical (unpaired) electrons. The van der Waals surface area contributed by atoms with Crippen molar-refractivity contribution in [2.75, 3.05) is 25.1 Å². The van der Waals surface area contributed by atoms with Gasteiger partial charge in [-0.05, 0) is 37.6 Å². The number of rotatable bonds is 6. The van der Waals surface area contributed by atoms with Crippen molar-refractivity contribution in [1.29, 1.82) is 0 Å². The molecular formula is C20H22FN5O2. The second kappa shape index (κ2) is 7.55. The quantitative estimate of drug-likeness (QED) is 0.652. The summed E-state index contributed by atoms with van der Waals surface area (Å²) in [6, 6.07) is 10.3. The SMILES string of the molecule is COc1ccc(-n2c(C)nnc2N2CC(OCc3cccc(F)c3)C2)c(C)n1. The monoisotopic (exact) mass is 383 g/mol. The summed E-state index contributed by atoms with van der Waals surface area (Å²) in [7, 11) is 1.60. The van der Waals surface area contributed by atoms with Gasteiger partial charge in [-0.15, -0.1) is 10.2 Å². The molecule has 0 atom stereocenters. The molecule has 0 spiro atoms. The van der Waals surface area contributed by atoms with Gasteiger partial charge in [-0.1, -0.05) is 12.1 Å². The number of ether oxygens (including phenoxy) is 2. The molecule has 8 heteroatoms. The van der Waals surface area contributed by atoms with Crippen LogP contribution in [0.1, 0.15) is 17.1 Å². The number of aryl methyl sites for hydroxylation is 2. The molecule has 0 amide bonds. The molecule has 0 N–H and O–H groups in total. The average molecular weight is 383 g/mol. The van der Waals surface area contributed by atoms with Crippen LogP contribution in [0.2, 0.25) is 0 Å². The number of methoxy groups -OCH3 is 1. The highest BCUT2D eigenvalue weighted by Crippen LogP contribution is 2.27. The lowest BCUT2D eigenvalue weighted by Gasteiger charge is -2.39. The van der Waals surface area contributed by atoms with Crippen molar-refractivity contribution in [3.8, 4) is 11.6 Å². The van der Waals surface area contributed by atoms with E-state index in [4.69, 9.17) is 9.47 Å². The number of anilines is 1. The van der Waals surface area contributed by atoms with Crippen molar-refractivity contribution in [3.63, 3.8) is 0 Å². The molecule has 0 unspecified atom stereocenters. The Morgan fingerprint density at radius 3 is 2.68 bits per heavy atom. The first-order chi connectivity index (χ1) is 13.5. The molecule has 7 nitrogen and oxygen atoms in total. The smallest absolute Gasteiger partial charge is 0.232 e. The summed E-state index contributed by atoms with van der Waals surface area (Å²) >= 11 is 0. The van der Waals surface area contributed by atoms with E-state index in [1.165, 1.54) is 12.1 Å². The molecule has 4 rings (SSSR count).